The maximum atomic E-state index is 12.0. The van der Waals surface area contributed by atoms with Crippen LogP contribution in [0.3, 0.4) is 0 Å². The smallest absolute Gasteiger partial charge is 0.326 e. The van der Waals surface area contributed by atoms with Crippen molar-refractivity contribution in [1.82, 2.24) is 19.8 Å². The lowest BCUT2D eigenvalue weighted by Crippen LogP contribution is -2.32. The number of thiazole rings is 2. The number of carbonyl (C=O) groups excluding carboxylic acids is 1. The van der Waals surface area contributed by atoms with Crippen LogP contribution in [-0.4, -0.2) is 82.3 Å². The van der Waals surface area contributed by atoms with Crippen molar-refractivity contribution < 1.29 is 19.4 Å². The molecular weight excluding hydrogens is 848 g/mol. The molecule has 0 saturated carbocycles. The predicted molar refractivity (Wildman–Crippen MR) is 264 cm³/mol. The van der Waals surface area contributed by atoms with Gasteiger partial charge in [-0.25, -0.2) is 20.0 Å². The van der Waals surface area contributed by atoms with Crippen LogP contribution in [0.25, 0.3) is 22.5 Å². The Morgan fingerprint density at radius 1 is 0.651 bits per heavy atom. The third-order valence-corrected chi connectivity index (χ3v) is 11.5. The van der Waals surface area contributed by atoms with Gasteiger partial charge >= 0.3 is 11.9 Å². The highest BCUT2D eigenvalue weighted by Crippen LogP contribution is 2.30. The van der Waals surface area contributed by atoms with Crippen molar-refractivity contribution in [2.24, 2.45) is 9.98 Å². The van der Waals surface area contributed by atoms with Crippen molar-refractivity contribution in [1.29, 1.82) is 0 Å². The van der Waals surface area contributed by atoms with Gasteiger partial charge in [-0.2, -0.15) is 0 Å². The van der Waals surface area contributed by atoms with E-state index in [1.54, 1.807) is 52.2 Å². The average molecular weight is 908 g/mol. The maximum Gasteiger partial charge on any atom is 0.326 e. The molecule has 0 aliphatic heterocycles. The Morgan fingerprint density at radius 3 is 1.43 bits per heavy atom. The van der Waals surface area contributed by atoms with E-state index in [9.17, 15) is 9.59 Å². The summed E-state index contributed by atoms with van der Waals surface area (Å²) in [4.78, 5) is 44.7. The molecule has 0 amide bonds. The van der Waals surface area contributed by atoms with Crippen LogP contribution < -0.4 is 0 Å². The standard InChI is InChI=1S/C27H33N3O2S.C23H25N3O2S.ClH/c1-18-8-10-21(11-9-18)24-16-33-25(29-24)14-22-12-20(3)23(13-19(22)2)28-17-30(7)15-26(31)32-27(4,5)6;1-15-5-7-18(8-6-15)21-13-29-22(25-21)11-19-9-17(3)20(10-16(19)2)24-14-26(4)12-23(27)28;/h8-13,16-17H,14-15H2,1-7H3;5-10,13-14H,11-12H2,1-4H3,(H,27,28);1H. The van der Waals surface area contributed by atoms with Crippen molar-refractivity contribution in [3.63, 3.8) is 0 Å². The second-order valence-corrected chi connectivity index (χ2v) is 18.7. The number of hydrogen-bond donors (Lipinski definition) is 1. The number of ether oxygens (including phenoxy) is 1. The molecule has 0 radical (unpaired) electrons. The summed E-state index contributed by atoms with van der Waals surface area (Å²) in [6.45, 7) is 18.1. The molecule has 13 heteroatoms. The lowest BCUT2D eigenvalue weighted by Gasteiger charge is -2.21. The first kappa shape index (κ1) is 50.0. The summed E-state index contributed by atoms with van der Waals surface area (Å²) in [6, 6.07) is 25.4. The second-order valence-electron chi connectivity index (χ2n) is 16.8. The summed E-state index contributed by atoms with van der Waals surface area (Å²) in [5, 5.41) is 15.3. The van der Waals surface area contributed by atoms with Crippen molar-refractivity contribution >= 4 is 71.1 Å². The van der Waals surface area contributed by atoms with Crippen LogP contribution in [0.2, 0.25) is 0 Å². The molecule has 0 saturated heterocycles. The number of esters is 1. The molecule has 4 aromatic carbocycles. The maximum absolute atomic E-state index is 12.0. The van der Waals surface area contributed by atoms with E-state index in [0.29, 0.717) is 0 Å². The van der Waals surface area contributed by atoms with Crippen molar-refractivity contribution in [2.75, 3.05) is 27.2 Å². The van der Waals surface area contributed by atoms with E-state index in [4.69, 9.17) is 19.8 Å². The first-order chi connectivity index (χ1) is 29.3. The molecule has 0 bridgehead atoms. The van der Waals surface area contributed by atoms with Gasteiger partial charge in [0.25, 0.3) is 0 Å². The number of hydrogen-bond acceptors (Lipinski definition) is 9. The number of carboxylic acids is 1. The van der Waals surface area contributed by atoms with Crippen LogP contribution >= 0.6 is 35.1 Å². The van der Waals surface area contributed by atoms with E-state index in [0.717, 1.165) is 73.4 Å². The fourth-order valence-corrected chi connectivity index (χ4v) is 8.05. The third kappa shape index (κ3) is 15.6. The monoisotopic (exact) mass is 906 g/mol. The number of aryl methyl sites for hydroxylation is 6. The van der Waals surface area contributed by atoms with Gasteiger partial charge in [-0.1, -0.05) is 71.8 Å². The van der Waals surface area contributed by atoms with Crippen molar-refractivity contribution in [2.45, 2.75) is 80.8 Å². The number of halogens is 1. The summed E-state index contributed by atoms with van der Waals surface area (Å²) in [6.07, 6.45) is 4.82. The summed E-state index contributed by atoms with van der Waals surface area (Å²) in [7, 11) is 3.51. The zero-order chi connectivity index (χ0) is 45.1. The molecule has 0 aliphatic carbocycles. The van der Waals surface area contributed by atoms with Gasteiger partial charge in [0.2, 0.25) is 0 Å². The van der Waals surface area contributed by atoms with Gasteiger partial charge in [-0.05, 0) is 108 Å². The fraction of sp³-hybridized carbons (Fsp3) is 0.320. The molecule has 10 nitrogen and oxygen atoms in total. The van der Waals surface area contributed by atoms with Crippen LogP contribution in [0, 0.1) is 41.5 Å². The lowest BCUT2D eigenvalue weighted by molar-refractivity contribution is -0.154. The number of nitrogens with zero attached hydrogens (tertiary/aromatic N) is 6. The lowest BCUT2D eigenvalue weighted by atomic mass is 10.0. The van der Waals surface area contributed by atoms with Gasteiger partial charge in [0.1, 0.15) is 18.7 Å². The number of carbonyl (C=O) groups is 2. The zero-order valence-electron chi connectivity index (χ0n) is 38.1. The normalized spacial score (nSPS) is 11.3. The minimum atomic E-state index is -0.879. The minimum absolute atomic E-state index is 0. The van der Waals surface area contributed by atoms with Gasteiger partial charge in [-0.15, -0.1) is 35.1 Å². The second kappa shape index (κ2) is 22.6. The predicted octanol–water partition coefficient (Wildman–Crippen LogP) is 11.7. The first-order valence-corrected chi connectivity index (χ1v) is 22.2. The number of aliphatic imine (C=N–C) groups is 2. The minimum Gasteiger partial charge on any atom is -0.480 e. The van der Waals surface area contributed by atoms with Crippen LogP contribution in [0.4, 0.5) is 11.4 Å². The highest BCUT2D eigenvalue weighted by atomic mass is 35.5. The molecule has 6 aromatic rings. The molecule has 332 valence electrons. The molecule has 6 rings (SSSR count). The van der Waals surface area contributed by atoms with Gasteiger partial charge in [0.05, 0.1) is 45.5 Å². The molecular formula is C50H59ClN6O4S2. The molecule has 0 atom stereocenters. The van der Waals surface area contributed by atoms with Gasteiger partial charge in [0, 0.05) is 48.8 Å². The molecule has 2 heterocycles. The molecule has 63 heavy (non-hydrogen) atoms. The molecule has 2 aromatic heterocycles. The number of aliphatic carboxylic acids is 1. The highest BCUT2D eigenvalue weighted by molar-refractivity contribution is 7.10. The average Bonchev–Trinajstić information content (AvgIpc) is 3.86. The number of aromatic nitrogens is 2. The van der Waals surface area contributed by atoms with E-state index in [-0.39, 0.29) is 31.5 Å². The Morgan fingerprint density at radius 2 is 1.05 bits per heavy atom. The Bertz CT molecular complexity index is 2540. The van der Waals surface area contributed by atoms with E-state index in [2.05, 4.69) is 122 Å². The summed E-state index contributed by atoms with van der Waals surface area (Å²) >= 11 is 3.37. The van der Waals surface area contributed by atoms with Crippen LogP contribution in [0.5, 0.6) is 0 Å². The van der Waals surface area contributed by atoms with E-state index >= 15 is 0 Å². The van der Waals surface area contributed by atoms with Crippen molar-refractivity contribution in [3.05, 3.63) is 138 Å². The van der Waals surface area contributed by atoms with Gasteiger partial charge in [-0.3, -0.25) is 9.59 Å². The molecule has 0 spiro atoms. The highest BCUT2D eigenvalue weighted by Gasteiger charge is 2.17. The first-order valence-electron chi connectivity index (χ1n) is 20.5. The summed E-state index contributed by atoms with van der Waals surface area (Å²) in [5.41, 5.74) is 15.0. The van der Waals surface area contributed by atoms with Gasteiger partial charge < -0.3 is 19.6 Å². The number of likely N-dealkylation sites (N-methyl/N-ethyl adjacent to an activating group) is 2. The number of benzene rings is 4. The van der Waals surface area contributed by atoms with Crippen LogP contribution in [0.15, 0.2) is 93.5 Å². The van der Waals surface area contributed by atoms with Crippen molar-refractivity contribution in [3.8, 4) is 22.5 Å². The Balaban J connectivity index is 0.000000274. The molecule has 0 unspecified atom stereocenters. The number of rotatable bonds is 14. The Kier molecular flexibility index (Phi) is 17.9. The quantitative estimate of drug-likeness (QED) is 0.0652. The van der Waals surface area contributed by atoms with E-state index in [1.165, 1.54) is 27.8 Å². The fourth-order valence-electron chi connectivity index (χ4n) is 6.40. The van der Waals surface area contributed by atoms with Gasteiger partial charge in [0.15, 0.2) is 0 Å². The number of carboxylic acid groups (broad SMARTS) is 1. The Hall–Kier alpha value is -5.69. The van der Waals surface area contributed by atoms with E-state index in [1.807, 2.05) is 40.8 Å². The SMILES string of the molecule is Cc1ccc(-c2csc(Cc3cc(C)c(N=CN(C)CC(=O)O)cc3C)n2)cc1.Cc1ccc(-c2csc(Cc3cc(C)c(N=CN(C)CC(=O)OC(C)(C)C)cc3C)n2)cc1.Cl. The largest absolute Gasteiger partial charge is 0.480 e. The topological polar surface area (TPSA) is 121 Å². The molecule has 0 fully saturated rings. The van der Waals surface area contributed by atoms with E-state index < -0.39 is 11.6 Å². The summed E-state index contributed by atoms with van der Waals surface area (Å²) < 4.78 is 5.36. The molecule has 0 aliphatic rings. The third-order valence-electron chi connectivity index (χ3n) is 9.76. The molecule has 1 N–H and O–H groups in total. The van der Waals surface area contributed by atoms with Crippen LogP contribution in [-0.2, 0) is 27.2 Å². The zero-order valence-corrected chi connectivity index (χ0v) is 40.6. The Labute approximate surface area is 386 Å². The van der Waals surface area contributed by atoms with Crippen LogP contribution in [0.1, 0.15) is 75.3 Å². The summed E-state index contributed by atoms with van der Waals surface area (Å²) in [5.74, 6) is -1.15.